The molecular formula is C20H23N5O3. The highest BCUT2D eigenvalue weighted by molar-refractivity contribution is 5.92. The third-order valence-electron chi connectivity index (χ3n) is 5.17. The number of carbonyl (C=O) groups excluding carboxylic acids is 1. The highest BCUT2D eigenvalue weighted by atomic mass is 16.5. The molecule has 0 aliphatic carbocycles. The van der Waals surface area contributed by atoms with E-state index in [1.165, 1.54) is 0 Å². The summed E-state index contributed by atoms with van der Waals surface area (Å²) >= 11 is 0. The summed E-state index contributed by atoms with van der Waals surface area (Å²) in [6.07, 6.45) is 4.96. The fourth-order valence-corrected chi connectivity index (χ4v) is 3.84. The van der Waals surface area contributed by atoms with Gasteiger partial charge in [-0.05, 0) is 37.1 Å². The van der Waals surface area contributed by atoms with Crippen LogP contribution in [0.1, 0.15) is 29.4 Å². The second-order valence-corrected chi connectivity index (χ2v) is 6.91. The number of hydrogen-bond donors (Lipinski definition) is 0. The van der Waals surface area contributed by atoms with Gasteiger partial charge >= 0.3 is 5.69 Å². The molecule has 0 bridgehead atoms. The van der Waals surface area contributed by atoms with Crippen LogP contribution in [0.2, 0.25) is 0 Å². The summed E-state index contributed by atoms with van der Waals surface area (Å²) in [6, 6.07) is 8.92. The molecule has 8 nitrogen and oxygen atoms in total. The van der Waals surface area contributed by atoms with Crippen LogP contribution in [0.25, 0.3) is 11.2 Å². The molecule has 0 N–H and O–H groups in total. The number of imidazole rings is 1. The number of amides is 1. The first-order chi connectivity index (χ1) is 13.7. The number of aromatic nitrogens is 4. The van der Waals surface area contributed by atoms with Gasteiger partial charge in [-0.3, -0.25) is 18.9 Å². The maximum absolute atomic E-state index is 13.2. The van der Waals surface area contributed by atoms with Crippen LogP contribution in [0.5, 0.6) is 0 Å². The Kier molecular flexibility index (Phi) is 5.21. The standard InChI is InChI=1S/C20H23N5O3/c1-28-13-12-24-17-8-4-10-22-18(17)25(20(24)27)15-6-5-11-23(14-15)19(26)16-7-2-3-9-21-16/h2-4,7-10,15H,5-6,11-14H2,1H3/t15-/m0/s1. The lowest BCUT2D eigenvalue weighted by molar-refractivity contribution is 0.0673. The van der Waals surface area contributed by atoms with Crippen molar-refractivity contribution in [3.63, 3.8) is 0 Å². The molecule has 1 aliphatic rings. The summed E-state index contributed by atoms with van der Waals surface area (Å²) in [5, 5.41) is 0. The van der Waals surface area contributed by atoms with Crippen molar-refractivity contribution in [3.8, 4) is 0 Å². The fraction of sp³-hybridized carbons (Fsp3) is 0.400. The maximum atomic E-state index is 13.2. The molecule has 3 aromatic heterocycles. The van der Waals surface area contributed by atoms with Crippen LogP contribution in [0, 0.1) is 0 Å². The molecule has 146 valence electrons. The average Bonchev–Trinajstić information content (AvgIpc) is 3.03. The maximum Gasteiger partial charge on any atom is 0.330 e. The first-order valence-corrected chi connectivity index (χ1v) is 9.45. The molecule has 1 amide bonds. The van der Waals surface area contributed by atoms with E-state index in [2.05, 4.69) is 9.97 Å². The molecule has 1 aliphatic heterocycles. The topological polar surface area (TPSA) is 82.2 Å². The van der Waals surface area contributed by atoms with Crippen LogP contribution in [0.15, 0.2) is 47.5 Å². The molecule has 0 saturated carbocycles. The number of nitrogens with zero attached hydrogens (tertiary/aromatic N) is 5. The van der Waals surface area contributed by atoms with Crippen LogP contribution < -0.4 is 5.69 Å². The molecule has 1 saturated heterocycles. The largest absolute Gasteiger partial charge is 0.383 e. The van der Waals surface area contributed by atoms with E-state index >= 15 is 0 Å². The molecule has 3 aromatic rings. The lowest BCUT2D eigenvalue weighted by Crippen LogP contribution is -2.43. The zero-order valence-corrected chi connectivity index (χ0v) is 15.8. The summed E-state index contributed by atoms with van der Waals surface area (Å²) in [5.41, 5.74) is 1.76. The molecule has 8 heteroatoms. The van der Waals surface area contributed by atoms with E-state index < -0.39 is 0 Å². The Hall–Kier alpha value is -3.00. The normalized spacial score (nSPS) is 17.2. The van der Waals surface area contributed by atoms with Crippen LogP contribution in [0.3, 0.4) is 0 Å². The Labute approximate surface area is 162 Å². The minimum atomic E-state index is -0.116. The van der Waals surface area contributed by atoms with Gasteiger partial charge in [-0.25, -0.2) is 9.78 Å². The lowest BCUT2D eigenvalue weighted by atomic mass is 10.0. The Balaban J connectivity index is 1.67. The number of piperidine rings is 1. The Morgan fingerprint density at radius 2 is 2.07 bits per heavy atom. The first kappa shape index (κ1) is 18.4. The number of hydrogen-bond acceptors (Lipinski definition) is 5. The minimum absolute atomic E-state index is 0.102. The van der Waals surface area contributed by atoms with E-state index in [0.29, 0.717) is 37.6 Å². The van der Waals surface area contributed by atoms with Crippen molar-refractivity contribution in [2.45, 2.75) is 25.4 Å². The van der Waals surface area contributed by atoms with Crippen molar-refractivity contribution in [1.82, 2.24) is 24.0 Å². The SMILES string of the molecule is COCCn1c(=O)n([C@H]2CCCN(C(=O)c3ccccn3)C2)c2ncccc21. The Bertz CT molecular complexity index is 1030. The minimum Gasteiger partial charge on any atom is -0.383 e. The lowest BCUT2D eigenvalue weighted by Gasteiger charge is -2.33. The van der Waals surface area contributed by atoms with Gasteiger partial charge in [-0.15, -0.1) is 0 Å². The quantitative estimate of drug-likeness (QED) is 0.672. The van der Waals surface area contributed by atoms with Crippen molar-refractivity contribution >= 4 is 17.1 Å². The summed E-state index contributed by atoms with van der Waals surface area (Å²) in [4.78, 5) is 36.4. The van der Waals surface area contributed by atoms with Gasteiger partial charge in [0.25, 0.3) is 5.91 Å². The molecule has 0 aromatic carbocycles. The van der Waals surface area contributed by atoms with E-state index in [0.717, 1.165) is 18.4 Å². The number of rotatable bonds is 5. The third kappa shape index (κ3) is 3.31. The predicted molar refractivity (Wildman–Crippen MR) is 104 cm³/mol. The van der Waals surface area contributed by atoms with Crippen molar-refractivity contribution in [1.29, 1.82) is 0 Å². The van der Waals surface area contributed by atoms with Gasteiger partial charge in [0, 0.05) is 32.6 Å². The summed E-state index contributed by atoms with van der Waals surface area (Å²) in [6.45, 7) is 2.04. The van der Waals surface area contributed by atoms with E-state index in [1.807, 2.05) is 12.1 Å². The summed E-state index contributed by atoms with van der Waals surface area (Å²) in [7, 11) is 1.62. The highest BCUT2D eigenvalue weighted by Crippen LogP contribution is 2.25. The molecule has 0 unspecified atom stereocenters. The molecule has 1 atom stereocenters. The molecule has 1 fully saturated rings. The third-order valence-corrected chi connectivity index (χ3v) is 5.17. The van der Waals surface area contributed by atoms with Gasteiger partial charge in [0.05, 0.1) is 24.7 Å². The predicted octanol–water partition coefficient (Wildman–Crippen LogP) is 1.72. The Morgan fingerprint density at radius 3 is 2.86 bits per heavy atom. The second-order valence-electron chi connectivity index (χ2n) is 6.91. The molecule has 28 heavy (non-hydrogen) atoms. The van der Waals surface area contributed by atoms with Gasteiger partial charge in [0.15, 0.2) is 5.65 Å². The van der Waals surface area contributed by atoms with Gasteiger partial charge < -0.3 is 9.64 Å². The van der Waals surface area contributed by atoms with E-state index in [-0.39, 0.29) is 17.6 Å². The van der Waals surface area contributed by atoms with Gasteiger partial charge in [0.2, 0.25) is 0 Å². The summed E-state index contributed by atoms with van der Waals surface area (Å²) < 4.78 is 8.59. The molecule has 4 heterocycles. The second kappa shape index (κ2) is 7.93. The van der Waals surface area contributed by atoms with Crippen molar-refractivity contribution in [2.24, 2.45) is 0 Å². The average molecular weight is 381 g/mol. The molecule has 0 radical (unpaired) electrons. The number of likely N-dealkylation sites (tertiary alicyclic amines) is 1. The van der Waals surface area contributed by atoms with Crippen LogP contribution in [-0.4, -0.2) is 56.7 Å². The van der Waals surface area contributed by atoms with Crippen LogP contribution in [-0.2, 0) is 11.3 Å². The van der Waals surface area contributed by atoms with Gasteiger partial charge in [-0.1, -0.05) is 6.07 Å². The highest BCUT2D eigenvalue weighted by Gasteiger charge is 2.29. The smallest absolute Gasteiger partial charge is 0.330 e. The van der Waals surface area contributed by atoms with E-state index in [9.17, 15) is 9.59 Å². The van der Waals surface area contributed by atoms with Gasteiger partial charge in [0.1, 0.15) is 5.69 Å². The number of carbonyl (C=O) groups is 1. The number of pyridine rings is 2. The molecular weight excluding hydrogens is 358 g/mol. The van der Waals surface area contributed by atoms with Crippen LogP contribution in [0.4, 0.5) is 0 Å². The Morgan fingerprint density at radius 1 is 1.21 bits per heavy atom. The van der Waals surface area contributed by atoms with Gasteiger partial charge in [-0.2, -0.15) is 0 Å². The number of methoxy groups -OCH3 is 1. The van der Waals surface area contributed by atoms with Crippen molar-refractivity contribution in [2.75, 3.05) is 26.8 Å². The molecule has 0 spiro atoms. The zero-order chi connectivity index (χ0) is 19.5. The molecule has 4 rings (SSSR count). The van der Waals surface area contributed by atoms with Crippen LogP contribution >= 0.6 is 0 Å². The van der Waals surface area contributed by atoms with E-state index in [1.54, 1.807) is 51.7 Å². The van der Waals surface area contributed by atoms with Crippen molar-refractivity contribution < 1.29 is 9.53 Å². The van der Waals surface area contributed by atoms with E-state index in [4.69, 9.17) is 4.74 Å². The summed E-state index contributed by atoms with van der Waals surface area (Å²) in [5.74, 6) is -0.102. The number of fused-ring (bicyclic) bond motifs is 1. The fourth-order valence-electron chi connectivity index (χ4n) is 3.84. The first-order valence-electron chi connectivity index (χ1n) is 9.45. The number of ether oxygens (including phenoxy) is 1. The zero-order valence-electron chi connectivity index (χ0n) is 15.8. The van der Waals surface area contributed by atoms with Crippen molar-refractivity contribution in [3.05, 3.63) is 58.9 Å². The monoisotopic (exact) mass is 381 g/mol.